The van der Waals surface area contributed by atoms with Crippen molar-refractivity contribution in [1.82, 2.24) is 19.7 Å². The Labute approximate surface area is 180 Å². The van der Waals surface area contributed by atoms with E-state index in [1.54, 1.807) is 16.7 Å². The van der Waals surface area contributed by atoms with Gasteiger partial charge in [0.25, 0.3) is 0 Å². The van der Waals surface area contributed by atoms with Gasteiger partial charge in [-0.1, -0.05) is 12.5 Å². The molecule has 1 aromatic carbocycles. The first-order valence-corrected chi connectivity index (χ1v) is 10.3. The minimum Gasteiger partial charge on any atom is -0.285 e. The molecule has 1 amide bonds. The third-order valence-electron chi connectivity index (χ3n) is 6.25. The lowest BCUT2D eigenvalue weighted by molar-refractivity contribution is -0.137. The van der Waals surface area contributed by atoms with Crippen molar-refractivity contribution in [2.24, 2.45) is 11.8 Å². The summed E-state index contributed by atoms with van der Waals surface area (Å²) in [6.45, 7) is 1.46. The van der Waals surface area contributed by atoms with Crippen LogP contribution in [-0.2, 0) is 11.0 Å². The van der Waals surface area contributed by atoms with Crippen molar-refractivity contribution in [3.05, 3.63) is 65.6 Å². The maximum absolute atomic E-state index is 13.9. The van der Waals surface area contributed by atoms with Crippen LogP contribution in [0.4, 0.5) is 23.4 Å². The van der Waals surface area contributed by atoms with Crippen LogP contribution < -0.4 is 4.90 Å². The topological polar surface area (TPSA) is 63.9 Å². The number of hydrogen-bond acceptors (Lipinski definition) is 4. The number of pyridine rings is 1. The van der Waals surface area contributed by atoms with Gasteiger partial charge in [-0.25, -0.2) is 9.37 Å². The normalized spacial score (nSPS) is 23.1. The quantitative estimate of drug-likeness (QED) is 0.552. The van der Waals surface area contributed by atoms with Crippen molar-refractivity contribution in [2.75, 3.05) is 4.90 Å². The molecule has 2 aliphatic rings. The van der Waals surface area contributed by atoms with Crippen LogP contribution in [0.15, 0.2) is 42.7 Å². The Balaban J connectivity index is 1.66. The Morgan fingerprint density at radius 2 is 1.94 bits per heavy atom. The van der Waals surface area contributed by atoms with Gasteiger partial charge in [0.15, 0.2) is 5.82 Å². The van der Waals surface area contributed by atoms with E-state index in [4.69, 9.17) is 0 Å². The Morgan fingerprint density at radius 1 is 1.12 bits per heavy atom. The number of benzene rings is 1. The smallest absolute Gasteiger partial charge is 0.285 e. The van der Waals surface area contributed by atoms with Crippen LogP contribution in [0, 0.1) is 24.6 Å². The van der Waals surface area contributed by atoms with Crippen molar-refractivity contribution in [1.29, 1.82) is 0 Å². The number of anilines is 1. The predicted molar refractivity (Wildman–Crippen MR) is 106 cm³/mol. The van der Waals surface area contributed by atoms with Crippen LogP contribution in [0.5, 0.6) is 0 Å². The van der Waals surface area contributed by atoms with Crippen molar-refractivity contribution in [3.8, 4) is 5.69 Å². The van der Waals surface area contributed by atoms with Gasteiger partial charge >= 0.3 is 6.18 Å². The number of halogens is 4. The van der Waals surface area contributed by atoms with Crippen LogP contribution in [-0.4, -0.2) is 25.7 Å². The molecule has 0 bridgehead atoms. The van der Waals surface area contributed by atoms with Crippen LogP contribution in [0.1, 0.15) is 42.4 Å². The Bertz CT molecular complexity index is 1190. The number of hydrogen-bond donors (Lipinski definition) is 0. The molecule has 0 spiro atoms. The summed E-state index contributed by atoms with van der Waals surface area (Å²) in [4.78, 5) is 19.0. The second kappa shape index (κ2) is 7.39. The molecule has 5 rings (SSSR count). The van der Waals surface area contributed by atoms with E-state index in [1.165, 1.54) is 30.3 Å². The number of fused-ring (bicyclic) bond motifs is 1. The maximum Gasteiger partial charge on any atom is 0.416 e. The lowest BCUT2D eigenvalue weighted by Gasteiger charge is -2.27. The van der Waals surface area contributed by atoms with Crippen LogP contribution >= 0.6 is 0 Å². The van der Waals surface area contributed by atoms with Gasteiger partial charge in [0.2, 0.25) is 5.91 Å². The molecule has 1 aliphatic carbocycles. The Hall–Kier alpha value is -3.30. The first-order valence-electron chi connectivity index (χ1n) is 10.3. The summed E-state index contributed by atoms with van der Waals surface area (Å²) in [6, 6.07) is 7.04. The number of amides is 1. The fourth-order valence-electron chi connectivity index (χ4n) is 4.95. The summed E-state index contributed by atoms with van der Waals surface area (Å²) in [6.07, 6.45) is -0.930. The highest BCUT2D eigenvalue weighted by Crippen LogP contribution is 2.51. The predicted octanol–water partition coefficient (Wildman–Crippen LogP) is 4.63. The molecule has 1 aliphatic heterocycles. The monoisotopic (exact) mass is 445 g/mol. The molecule has 0 N–H and O–H groups in total. The zero-order chi connectivity index (χ0) is 22.6. The fourth-order valence-corrected chi connectivity index (χ4v) is 4.95. The minimum atomic E-state index is -4.57. The number of rotatable bonds is 3. The molecular formula is C22H19F4N5O. The summed E-state index contributed by atoms with van der Waals surface area (Å²) in [5.74, 6) is -0.872. The zero-order valence-corrected chi connectivity index (χ0v) is 17.1. The van der Waals surface area contributed by atoms with Crippen molar-refractivity contribution < 1.29 is 22.4 Å². The molecule has 2 fully saturated rings. The molecule has 10 heteroatoms. The van der Waals surface area contributed by atoms with Crippen LogP contribution in [0.2, 0.25) is 0 Å². The molecule has 1 saturated heterocycles. The number of carbonyl (C=O) groups excluding carboxylic acids is 1. The first-order chi connectivity index (χ1) is 15.2. The van der Waals surface area contributed by atoms with Gasteiger partial charge in [-0.05, 0) is 56.0 Å². The van der Waals surface area contributed by atoms with E-state index < -0.39 is 23.6 Å². The molecule has 166 valence electrons. The van der Waals surface area contributed by atoms with Gasteiger partial charge in [0, 0.05) is 11.6 Å². The molecule has 2 aromatic heterocycles. The standard InChI is InChI=1S/C22H19F4N5O/c1-12-8-13(22(24,25)26)9-18(28-12)31-19(16-6-3-7-17(16)21(31)32)20-29-27-11-30(20)15-5-2-4-14(23)10-15/h2,4-5,8-11,16-17,19H,3,6-7H2,1H3. The second-order valence-electron chi connectivity index (χ2n) is 8.25. The molecule has 3 atom stereocenters. The zero-order valence-electron chi connectivity index (χ0n) is 17.1. The van der Waals surface area contributed by atoms with Crippen molar-refractivity contribution >= 4 is 11.7 Å². The van der Waals surface area contributed by atoms with Gasteiger partial charge in [-0.3, -0.25) is 14.3 Å². The average molecular weight is 445 g/mol. The molecule has 1 saturated carbocycles. The van der Waals surface area contributed by atoms with Crippen molar-refractivity contribution in [2.45, 2.75) is 38.4 Å². The van der Waals surface area contributed by atoms with E-state index in [2.05, 4.69) is 15.2 Å². The van der Waals surface area contributed by atoms with Crippen LogP contribution in [0.3, 0.4) is 0 Å². The summed E-state index contributed by atoms with van der Waals surface area (Å²) in [5.41, 5.74) is -0.243. The van der Waals surface area contributed by atoms with E-state index >= 15 is 0 Å². The third kappa shape index (κ3) is 3.34. The molecule has 3 heterocycles. The number of nitrogens with zero attached hydrogens (tertiary/aromatic N) is 5. The number of carbonyl (C=O) groups is 1. The lowest BCUT2D eigenvalue weighted by Crippen LogP contribution is -2.33. The summed E-state index contributed by atoms with van der Waals surface area (Å²) >= 11 is 0. The van der Waals surface area contributed by atoms with Crippen molar-refractivity contribution in [3.63, 3.8) is 0 Å². The van der Waals surface area contributed by atoms with E-state index in [0.717, 1.165) is 25.0 Å². The molecule has 3 unspecified atom stereocenters. The van der Waals surface area contributed by atoms with E-state index in [-0.39, 0.29) is 29.3 Å². The molecular weight excluding hydrogens is 426 g/mol. The van der Waals surface area contributed by atoms with Gasteiger partial charge < -0.3 is 0 Å². The number of aromatic nitrogens is 4. The van der Waals surface area contributed by atoms with Gasteiger partial charge in [-0.15, -0.1) is 10.2 Å². The SMILES string of the molecule is Cc1cc(C(F)(F)F)cc(N2C(=O)C3CCCC3C2c2nncn2-c2cccc(F)c2)n1. The lowest BCUT2D eigenvalue weighted by atomic mass is 9.93. The van der Waals surface area contributed by atoms with Gasteiger partial charge in [0.05, 0.1) is 11.3 Å². The average Bonchev–Trinajstić information content (AvgIpc) is 3.44. The summed E-state index contributed by atoms with van der Waals surface area (Å²) in [7, 11) is 0. The van der Waals surface area contributed by atoms with E-state index in [1.807, 2.05) is 0 Å². The molecule has 6 nitrogen and oxygen atoms in total. The Morgan fingerprint density at radius 3 is 2.69 bits per heavy atom. The molecule has 32 heavy (non-hydrogen) atoms. The number of alkyl halides is 3. The number of aryl methyl sites for hydroxylation is 1. The Kier molecular flexibility index (Phi) is 4.75. The van der Waals surface area contributed by atoms with E-state index in [9.17, 15) is 22.4 Å². The van der Waals surface area contributed by atoms with Crippen LogP contribution in [0.25, 0.3) is 5.69 Å². The highest BCUT2D eigenvalue weighted by Gasteiger charge is 2.53. The maximum atomic E-state index is 13.9. The third-order valence-corrected chi connectivity index (χ3v) is 6.25. The molecule has 0 radical (unpaired) electrons. The minimum absolute atomic E-state index is 0.0597. The summed E-state index contributed by atoms with van der Waals surface area (Å²) < 4.78 is 55.8. The highest BCUT2D eigenvalue weighted by atomic mass is 19.4. The molecule has 3 aromatic rings. The summed E-state index contributed by atoms with van der Waals surface area (Å²) in [5, 5.41) is 8.18. The van der Waals surface area contributed by atoms with Gasteiger partial charge in [0.1, 0.15) is 24.0 Å². The second-order valence-corrected chi connectivity index (χ2v) is 8.25. The fraction of sp³-hybridized carbons (Fsp3) is 0.364. The highest BCUT2D eigenvalue weighted by molar-refractivity contribution is 5.98. The largest absolute Gasteiger partial charge is 0.416 e. The first kappa shape index (κ1) is 20.6. The van der Waals surface area contributed by atoms with E-state index in [0.29, 0.717) is 17.9 Å². The van der Waals surface area contributed by atoms with Gasteiger partial charge in [-0.2, -0.15) is 13.2 Å².